The number of aliphatic hydroxyl groups excluding tert-OH is 1. The largest absolute Gasteiger partial charge is 0.392 e. The molecule has 0 saturated heterocycles. The summed E-state index contributed by atoms with van der Waals surface area (Å²) < 4.78 is 0. The summed E-state index contributed by atoms with van der Waals surface area (Å²) in [5.74, 6) is 0.109. The molecule has 0 aliphatic carbocycles. The van der Waals surface area contributed by atoms with Crippen LogP contribution in [0.3, 0.4) is 0 Å². The first-order valence-electron chi connectivity index (χ1n) is 5.54. The minimum atomic E-state index is -0.453. The van der Waals surface area contributed by atoms with Crippen molar-refractivity contribution in [3.8, 4) is 0 Å². The van der Waals surface area contributed by atoms with E-state index in [1.54, 1.807) is 30.2 Å². The van der Waals surface area contributed by atoms with Crippen LogP contribution in [0.25, 0.3) is 0 Å². The standard InChI is InChI=1S/C12H19NO2S/c1-10(14)9-13(2)12(15)7-3-5-11-6-4-8-16-11/h4,6,8,10,14H,3,5,7,9H2,1-2H3. The second-order valence-electron chi connectivity index (χ2n) is 4.06. The van der Waals surface area contributed by atoms with Crippen molar-refractivity contribution in [3.63, 3.8) is 0 Å². The first kappa shape index (κ1) is 13.2. The third kappa shape index (κ3) is 4.77. The molecule has 90 valence electrons. The van der Waals surface area contributed by atoms with Gasteiger partial charge in [-0.05, 0) is 31.2 Å². The van der Waals surface area contributed by atoms with E-state index in [0.29, 0.717) is 13.0 Å². The average Bonchev–Trinajstić information content (AvgIpc) is 2.69. The highest BCUT2D eigenvalue weighted by Crippen LogP contribution is 2.12. The van der Waals surface area contributed by atoms with E-state index >= 15 is 0 Å². The summed E-state index contributed by atoms with van der Waals surface area (Å²) >= 11 is 1.73. The third-order valence-electron chi connectivity index (χ3n) is 2.36. The quantitative estimate of drug-likeness (QED) is 0.826. The molecule has 0 spiro atoms. The van der Waals surface area contributed by atoms with Crippen LogP contribution in [0.15, 0.2) is 17.5 Å². The molecule has 0 fully saturated rings. The van der Waals surface area contributed by atoms with Crippen LogP contribution in [0.4, 0.5) is 0 Å². The molecule has 1 N–H and O–H groups in total. The summed E-state index contributed by atoms with van der Waals surface area (Å²) in [6.45, 7) is 2.10. The summed E-state index contributed by atoms with van der Waals surface area (Å²) in [6.07, 6.45) is 1.95. The van der Waals surface area contributed by atoms with Gasteiger partial charge in [-0.3, -0.25) is 4.79 Å². The Morgan fingerprint density at radius 2 is 2.38 bits per heavy atom. The molecule has 4 heteroatoms. The molecule has 1 aromatic heterocycles. The van der Waals surface area contributed by atoms with Crippen LogP contribution in [0.2, 0.25) is 0 Å². The number of carbonyl (C=O) groups is 1. The van der Waals surface area contributed by atoms with Crippen LogP contribution < -0.4 is 0 Å². The highest BCUT2D eigenvalue weighted by molar-refractivity contribution is 7.09. The van der Waals surface area contributed by atoms with Gasteiger partial charge < -0.3 is 10.0 Å². The lowest BCUT2D eigenvalue weighted by molar-refractivity contribution is -0.131. The van der Waals surface area contributed by atoms with Crippen molar-refractivity contribution in [2.24, 2.45) is 0 Å². The van der Waals surface area contributed by atoms with Crippen LogP contribution in [0, 0.1) is 0 Å². The van der Waals surface area contributed by atoms with Gasteiger partial charge in [0.05, 0.1) is 6.10 Å². The maximum Gasteiger partial charge on any atom is 0.222 e. The summed E-state index contributed by atoms with van der Waals surface area (Å²) in [5.41, 5.74) is 0. The summed E-state index contributed by atoms with van der Waals surface area (Å²) in [5, 5.41) is 11.2. The Morgan fingerprint density at radius 1 is 1.62 bits per heavy atom. The van der Waals surface area contributed by atoms with Gasteiger partial charge >= 0.3 is 0 Å². The van der Waals surface area contributed by atoms with E-state index in [1.165, 1.54) is 4.88 Å². The molecule has 1 amide bonds. The first-order valence-corrected chi connectivity index (χ1v) is 6.42. The van der Waals surface area contributed by atoms with E-state index in [1.807, 2.05) is 6.07 Å². The lowest BCUT2D eigenvalue weighted by Gasteiger charge is -2.18. The molecule has 0 aromatic carbocycles. The van der Waals surface area contributed by atoms with Crippen molar-refractivity contribution >= 4 is 17.2 Å². The van der Waals surface area contributed by atoms with Gasteiger partial charge in [0.25, 0.3) is 0 Å². The zero-order chi connectivity index (χ0) is 12.0. The zero-order valence-corrected chi connectivity index (χ0v) is 10.7. The maximum atomic E-state index is 11.6. The number of hydrogen-bond acceptors (Lipinski definition) is 3. The number of aliphatic hydroxyl groups is 1. The molecule has 0 aliphatic rings. The number of rotatable bonds is 6. The molecule has 1 heterocycles. The number of carbonyl (C=O) groups excluding carboxylic acids is 1. The Kier molecular flexibility index (Phi) is 5.49. The van der Waals surface area contributed by atoms with E-state index in [0.717, 1.165) is 12.8 Å². The van der Waals surface area contributed by atoms with Gasteiger partial charge in [-0.2, -0.15) is 0 Å². The number of likely N-dealkylation sites (N-methyl/N-ethyl adjacent to an activating group) is 1. The Morgan fingerprint density at radius 3 is 2.94 bits per heavy atom. The Hall–Kier alpha value is -0.870. The van der Waals surface area contributed by atoms with Gasteiger partial charge in [0.15, 0.2) is 0 Å². The fourth-order valence-electron chi connectivity index (χ4n) is 1.56. The van der Waals surface area contributed by atoms with Gasteiger partial charge in [-0.25, -0.2) is 0 Å². The minimum absolute atomic E-state index is 0.109. The number of amides is 1. The van der Waals surface area contributed by atoms with Crippen molar-refractivity contribution in [2.75, 3.05) is 13.6 Å². The zero-order valence-electron chi connectivity index (χ0n) is 9.85. The molecule has 0 radical (unpaired) electrons. The molecule has 1 rings (SSSR count). The second-order valence-corrected chi connectivity index (χ2v) is 5.09. The molecule has 16 heavy (non-hydrogen) atoms. The highest BCUT2D eigenvalue weighted by atomic mass is 32.1. The van der Waals surface area contributed by atoms with Crippen LogP contribution in [0.1, 0.15) is 24.6 Å². The predicted octanol–water partition coefficient (Wildman–Crippen LogP) is 1.91. The Bertz CT molecular complexity index is 309. The highest BCUT2D eigenvalue weighted by Gasteiger charge is 2.10. The molecular weight excluding hydrogens is 222 g/mol. The van der Waals surface area contributed by atoms with Gasteiger partial charge in [-0.15, -0.1) is 11.3 Å². The van der Waals surface area contributed by atoms with E-state index in [-0.39, 0.29) is 5.91 Å². The smallest absolute Gasteiger partial charge is 0.222 e. The molecule has 1 aromatic rings. The Labute approximate surface area is 101 Å². The normalized spacial score (nSPS) is 12.4. The lowest BCUT2D eigenvalue weighted by Crippen LogP contribution is -2.32. The summed E-state index contributed by atoms with van der Waals surface area (Å²) in [4.78, 5) is 14.5. The SMILES string of the molecule is CC(O)CN(C)C(=O)CCCc1cccs1. The molecule has 0 aliphatic heterocycles. The molecule has 1 atom stereocenters. The van der Waals surface area contributed by atoms with Crippen molar-refractivity contribution < 1.29 is 9.90 Å². The van der Waals surface area contributed by atoms with Crippen LogP contribution >= 0.6 is 11.3 Å². The number of nitrogens with zero attached hydrogens (tertiary/aromatic N) is 1. The summed E-state index contributed by atoms with van der Waals surface area (Å²) in [6, 6.07) is 4.12. The molecule has 0 bridgehead atoms. The number of aryl methyl sites for hydroxylation is 1. The van der Waals surface area contributed by atoms with Gasteiger partial charge in [0, 0.05) is 24.9 Å². The monoisotopic (exact) mass is 241 g/mol. The maximum absolute atomic E-state index is 11.6. The van der Waals surface area contributed by atoms with Crippen LogP contribution in [-0.2, 0) is 11.2 Å². The van der Waals surface area contributed by atoms with E-state index in [9.17, 15) is 4.79 Å². The van der Waals surface area contributed by atoms with Gasteiger partial charge in [-0.1, -0.05) is 6.07 Å². The lowest BCUT2D eigenvalue weighted by atomic mass is 10.2. The van der Waals surface area contributed by atoms with E-state index in [4.69, 9.17) is 5.11 Å². The van der Waals surface area contributed by atoms with Crippen molar-refractivity contribution in [3.05, 3.63) is 22.4 Å². The topological polar surface area (TPSA) is 40.5 Å². The van der Waals surface area contributed by atoms with Gasteiger partial charge in [0.2, 0.25) is 5.91 Å². The van der Waals surface area contributed by atoms with Crippen molar-refractivity contribution in [1.29, 1.82) is 0 Å². The fraction of sp³-hybridized carbons (Fsp3) is 0.583. The second kappa shape index (κ2) is 6.66. The number of hydrogen-bond donors (Lipinski definition) is 1. The minimum Gasteiger partial charge on any atom is -0.392 e. The molecular formula is C12H19NO2S. The fourth-order valence-corrected chi connectivity index (χ4v) is 2.31. The van der Waals surface area contributed by atoms with Gasteiger partial charge in [0.1, 0.15) is 0 Å². The molecule has 0 saturated carbocycles. The molecule has 1 unspecified atom stereocenters. The van der Waals surface area contributed by atoms with E-state index in [2.05, 4.69) is 11.4 Å². The number of thiophene rings is 1. The molecule has 3 nitrogen and oxygen atoms in total. The summed E-state index contributed by atoms with van der Waals surface area (Å²) in [7, 11) is 1.74. The third-order valence-corrected chi connectivity index (χ3v) is 3.29. The van der Waals surface area contributed by atoms with Crippen LogP contribution in [-0.4, -0.2) is 35.6 Å². The van der Waals surface area contributed by atoms with E-state index < -0.39 is 6.10 Å². The van der Waals surface area contributed by atoms with Crippen molar-refractivity contribution in [2.45, 2.75) is 32.3 Å². The van der Waals surface area contributed by atoms with Crippen LogP contribution in [0.5, 0.6) is 0 Å². The average molecular weight is 241 g/mol. The predicted molar refractivity (Wildman–Crippen MR) is 66.6 cm³/mol. The van der Waals surface area contributed by atoms with Crippen molar-refractivity contribution in [1.82, 2.24) is 4.90 Å². The first-order chi connectivity index (χ1) is 7.59. The Balaban J connectivity index is 2.19.